The largest absolute Gasteiger partial charge is 0.383 e. The molecule has 1 aliphatic carbocycles. The SMILES string of the molecule is CN=C(NCCCN(C)CCOC)NCC1(c2cccc(Br)c2)CC1. The molecule has 1 saturated carbocycles. The first-order valence-electron chi connectivity index (χ1n) is 8.98. The summed E-state index contributed by atoms with van der Waals surface area (Å²) in [7, 11) is 5.70. The van der Waals surface area contributed by atoms with Crippen LogP contribution in [0.1, 0.15) is 24.8 Å². The van der Waals surface area contributed by atoms with Gasteiger partial charge in [-0.2, -0.15) is 0 Å². The predicted octanol–water partition coefficient (Wildman–Crippen LogP) is 2.61. The molecule has 0 spiro atoms. The third kappa shape index (κ3) is 6.60. The fraction of sp³-hybridized carbons (Fsp3) is 0.632. The Labute approximate surface area is 160 Å². The molecule has 25 heavy (non-hydrogen) atoms. The number of halogens is 1. The summed E-state index contributed by atoms with van der Waals surface area (Å²) in [5, 5.41) is 6.92. The summed E-state index contributed by atoms with van der Waals surface area (Å²) in [6.07, 6.45) is 3.55. The van der Waals surface area contributed by atoms with Crippen molar-refractivity contribution in [2.75, 3.05) is 54.0 Å². The topological polar surface area (TPSA) is 48.9 Å². The van der Waals surface area contributed by atoms with Gasteiger partial charge < -0.3 is 20.3 Å². The van der Waals surface area contributed by atoms with Crippen LogP contribution >= 0.6 is 15.9 Å². The van der Waals surface area contributed by atoms with E-state index in [1.54, 1.807) is 7.11 Å². The number of ether oxygens (including phenoxy) is 1. The monoisotopic (exact) mass is 410 g/mol. The van der Waals surface area contributed by atoms with Gasteiger partial charge in [-0.15, -0.1) is 0 Å². The fourth-order valence-electron chi connectivity index (χ4n) is 2.92. The number of rotatable bonds is 10. The normalized spacial score (nSPS) is 16.1. The highest BCUT2D eigenvalue weighted by molar-refractivity contribution is 9.10. The van der Waals surface area contributed by atoms with Gasteiger partial charge in [-0.3, -0.25) is 4.99 Å². The number of aliphatic imine (C=N–C) groups is 1. The number of nitrogens with zero attached hydrogens (tertiary/aromatic N) is 2. The Hall–Kier alpha value is -1.11. The van der Waals surface area contributed by atoms with Crippen molar-refractivity contribution in [3.05, 3.63) is 34.3 Å². The smallest absolute Gasteiger partial charge is 0.191 e. The first-order chi connectivity index (χ1) is 12.1. The van der Waals surface area contributed by atoms with E-state index >= 15 is 0 Å². The zero-order chi connectivity index (χ0) is 18.1. The van der Waals surface area contributed by atoms with Crippen LogP contribution in [0.2, 0.25) is 0 Å². The number of nitrogens with one attached hydrogen (secondary N) is 2. The minimum absolute atomic E-state index is 0.266. The zero-order valence-corrected chi connectivity index (χ0v) is 17.2. The summed E-state index contributed by atoms with van der Waals surface area (Å²) in [6.45, 7) is 4.65. The molecule has 0 bridgehead atoms. The molecule has 0 amide bonds. The maximum absolute atomic E-state index is 5.10. The lowest BCUT2D eigenvalue weighted by Crippen LogP contribution is -2.42. The Morgan fingerprint density at radius 3 is 2.76 bits per heavy atom. The minimum Gasteiger partial charge on any atom is -0.383 e. The van der Waals surface area contributed by atoms with Gasteiger partial charge in [0.2, 0.25) is 0 Å². The van der Waals surface area contributed by atoms with E-state index in [4.69, 9.17) is 4.74 Å². The highest BCUT2D eigenvalue weighted by Gasteiger charge is 2.44. The average Bonchev–Trinajstić information content (AvgIpc) is 3.40. The summed E-state index contributed by atoms with van der Waals surface area (Å²) in [4.78, 5) is 6.63. The molecule has 2 rings (SSSR count). The first-order valence-corrected chi connectivity index (χ1v) is 9.77. The molecule has 0 aromatic heterocycles. The van der Waals surface area contributed by atoms with Gasteiger partial charge in [-0.1, -0.05) is 28.1 Å². The third-order valence-corrected chi connectivity index (χ3v) is 5.29. The maximum atomic E-state index is 5.10. The molecular weight excluding hydrogens is 380 g/mol. The van der Waals surface area contributed by atoms with Gasteiger partial charge in [0.05, 0.1) is 6.61 Å². The van der Waals surface area contributed by atoms with Crippen LogP contribution in [0.25, 0.3) is 0 Å². The van der Waals surface area contributed by atoms with Gasteiger partial charge >= 0.3 is 0 Å². The highest BCUT2D eigenvalue weighted by atomic mass is 79.9. The van der Waals surface area contributed by atoms with Gasteiger partial charge in [0.25, 0.3) is 0 Å². The van der Waals surface area contributed by atoms with Crippen molar-refractivity contribution < 1.29 is 4.74 Å². The van der Waals surface area contributed by atoms with Crippen molar-refractivity contribution in [1.29, 1.82) is 0 Å². The summed E-state index contributed by atoms with van der Waals surface area (Å²) in [5.41, 5.74) is 1.67. The Morgan fingerprint density at radius 2 is 2.12 bits per heavy atom. The molecule has 0 saturated heterocycles. The van der Waals surface area contributed by atoms with Crippen molar-refractivity contribution in [2.24, 2.45) is 4.99 Å². The van der Waals surface area contributed by atoms with Gasteiger partial charge in [-0.05, 0) is 50.6 Å². The highest BCUT2D eigenvalue weighted by Crippen LogP contribution is 2.48. The molecule has 2 N–H and O–H groups in total. The number of methoxy groups -OCH3 is 1. The van der Waals surface area contributed by atoms with Gasteiger partial charge in [0.15, 0.2) is 5.96 Å². The summed E-state index contributed by atoms with van der Waals surface area (Å²) in [5.74, 6) is 0.890. The van der Waals surface area contributed by atoms with E-state index in [-0.39, 0.29) is 5.41 Å². The molecule has 0 atom stereocenters. The zero-order valence-electron chi connectivity index (χ0n) is 15.6. The fourth-order valence-corrected chi connectivity index (χ4v) is 3.32. The van der Waals surface area contributed by atoms with E-state index < -0.39 is 0 Å². The van der Waals surface area contributed by atoms with Crippen LogP contribution in [-0.2, 0) is 10.2 Å². The summed E-state index contributed by atoms with van der Waals surface area (Å²) >= 11 is 3.58. The predicted molar refractivity (Wildman–Crippen MR) is 108 cm³/mol. The van der Waals surface area contributed by atoms with E-state index in [0.717, 1.165) is 49.6 Å². The lowest BCUT2D eigenvalue weighted by atomic mass is 9.96. The molecule has 0 heterocycles. The van der Waals surface area contributed by atoms with Gasteiger partial charge in [-0.25, -0.2) is 0 Å². The van der Waals surface area contributed by atoms with Crippen molar-refractivity contribution in [3.8, 4) is 0 Å². The first kappa shape index (κ1) is 20.2. The molecule has 0 unspecified atom stereocenters. The molecule has 1 aliphatic rings. The molecule has 0 radical (unpaired) electrons. The molecule has 5 nitrogen and oxygen atoms in total. The maximum Gasteiger partial charge on any atom is 0.191 e. The molecule has 1 aromatic rings. The van der Waals surface area contributed by atoms with Gasteiger partial charge in [0.1, 0.15) is 0 Å². The van der Waals surface area contributed by atoms with E-state index in [0.29, 0.717) is 0 Å². The minimum atomic E-state index is 0.266. The molecule has 1 aromatic carbocycles. The van der Waals surface area contributed by atoms with E-state index in [1.165, 1.54) is 18.4 Å². The number of guanidine groups is 1. The van der Waals surface area contributed by atoms with Crippen LogP contribution in [-0.4, -0.2) is 64.9 Å². The molecule has 0 aliphatic heterocycles. The quantitative estimate of drug-likeness (QED) is 0.353. The van der Waals surface area contributed by atoms with Crippen LogP contribution in [0.5, 0.6) is 0 Å². The van der Waals surface area contributed by atoms with Crippen LogP contribution in [0.3, 0.4) is 0 Å². The molecule has 140 valence electrons. The van der Waals surface area contributed by atoms with Crippen LogP contribution in [0.4, 0.5) is 0 Å². The molecule has 1 fully saturated rings. The van der Waals surface area contributed by atoms with Crippen LogP contribution in [0, 0.1) is 0 Å². The van der Waals surface area contributed by atoms with Gasteiger partial charge in [0, 0.05) is 43.7 Å². The standard InChI is InChI=1S/C19H31BrN4O/c1-21-18(22-10-5-11-24(2)12-13-25-3)23-15-19(8-9-19)16-6-4-7-17(20)14-16/h4,6-7,14H,5,8-13,15H2,1-3H3,(H2,21,22,23). The number of benzene rings is 1. The van der Waals surface area contributed by atoms with E-state index in [2.05, 4.69) is 67.8 Å². The number of hydrogen-bond donors (Lipinski definition) is 2. The molecule has 6 heteroatoms. The Kier molecular flexibility index (Phi) is 8.19. The Bertz CT molecular complexity index is 560. The lowest BCUT2D eigenvalue weighted by Gasteiger charge is -2.20. The Balaban J connectivity index is 1.70. The summed E-state index contributed by atoms with van der Waals surface area (Å²) < 4.78 is 6.25. The third-order valence-electron chi connectivity index (χ3n) is 4.79. The average molecular weight is 411 g/mol. The number of hydrogen-bond acceptors (Lipinski definition) is 3. The second-order valence-corrected chi connectivity index (χ2v) is 7.71. The second kappa shape index (κ2) is 10.1. The summed E-state index contributed by atoms with van der Waals surface area (Å²) in [6, 6.07) is 8.66. The van der Waals surface area contributed by atoms with E-state index in [1.807, 2.05) is 7.05 Å². The van der Waals surface area contributed by atoms with Crippen molar-refractivity contribution in [3.63, 3.8) is 0 Å². The van der Waals surface area contributed by atoms with Crippen molar-refractivity contribution in [2.45, 2.75) is 24.7 Å². The lowest BCUT2D eigenvalue weighted by molar-refractivity contribution is 0.161. The van der Waals surface area contributed by atoms with E-state index in [9.17, 15) is 0 Å². The molecular formula is C19H31BrN4O. The van der Waals surface area contributed by atoms with Crippen molar-refractivity contribution >= 4 is 21.9 Å². The second-order valence-electron chi connectivity index (χ2n) is 6.79. The number of likely N-dealkylation sites (N-methyl/N-ethyl adjacent to an activating group) is 1. The Morgan fingerprint density at radius 1 is 1.32 bits per heavy atom. The van der Waals surface area contributed by atoms with Crippen LogP contribution < -0.4 is 10.6 Å². The van der Waals surface area contributed by atoms with Crippen LogP contribution in [0.15, 0.2) is 33.7 Å². The van der Waals surface area contributed by atoms with Crippen molar-refractivity contribution in [1.82, 2.24) is 15.5 Å².